The van der Waals surface area contributed by atoms with Gasteiger partial charge in [-0.2, -0.15) is 5.10 Å². The molecule has 0 aliphatic carbocycles. The average Bonchev–Trinajstić information content (AvgIpc) is 3.29. The summed E-state index contributed by atoms with van der Waals surface area (Å²) >= 11 is 0. The SMILES string of the molecule is Cl.Cl.O=C(NCc1cnn(Cc2ccccc2)c1)C12CNCC1CNC2. The first-order valence-corrected chi connectivity index (χ1v) is 8.51. The number of aromatic nitrogens is 2. The molecule has 0 spiro atoms. The number of hydrogen-bond donors (Lipinski definition) is 3. The van der Waals surface area contributed by atoms with E-state index in [1.54, 1.807) is 0 Å². The van der Waals surface area contributed by atoms with Gasteiger partial charge in [0.15, 0.2) is 0 Å². The Morgan fingerprint density at radius 1 is 1.15 bits per heavy atom. The summed E-state index contributed by atoms with van der Waals surface area (Å²) in [5.74, 6) is 0.552. The standard InChI is InChI=1S/C18H23N5O.2ClH/c24-17(18-12-19-8-16(18)9-20-13-18)21-6-15-7-22-23(11-15)10-14-4-2-1-3-5-14;;/h1-5,7,11,16,19-20H,6,8-10,12-13H2,(H,21,24);2*1H. The Bertz CT molecular complexity index is 711. The van der Waals surface area contributed by atoms with E-state index in [-0.39, 0.29) is 36.1 Å². The normalized spacial score (nSPS) is 23.6. The monoisotopic (exact) mass is 397 g/mol. The summed E-state index contributed by atoms with van der Waals surface area (Å²) in [7, 11) is 0. The van der Waals surface area contributed by atoms with Crippen LogP contribution in [0.5, 0.6) is 0 Å². The van der Waals surface area contributed by atoms with Crippen LogP contribution < -0.4 is 16.0 Å². The second kappa shape index (κ2) is 8.86. The van der Waals surface area contributed by atoms with E-state index in [9.17, 15) is 4.79 Å². The highest BCUT2D eigenvalue weighted by Crippen LogP contribution is 2.34. The number of fused-ring (bicyclic) bond motifs is 1. The number of carbonyl (C=O) groups excluding carboxylic acids is 1. The summed E-state index contributed by atoms with van der Waals surface area (Å²) in [6, 6.07) is 10.2. The van der Waals surface area contributed by atoms with Crippen LogP contribution in [0.1, 0.15) is 11.1 Å². The maximum atomic E-state index is 12.7. The summed E-state index contributed by atoms with van der Waals surface area (Å²) in [4.78, 5) is 12.7. The molecule has 142 valence electrons. The smallest absolute Gasteiger partial charge is 0.229 e. The highest BCUT2D eigenvalue weighted by atomic mass is 35.5. The molecule has 2 aliphatic heterocycles. The second-order valence-corrected chi connectivity index (χ2v) is 6.83. The Kier molecular flexibility index (Phi) is 7.06. The van der Waals surface area contributed by atoms with E-state index in [0.29, 0.717) is 12.5 Å². The molecule has 3 N–H and O–H groups in total. The Labute approximate surface area is 165 Å². The molecule has 2 aliphatic rings. The molecule has 0 unspecified atom stereocenters. The molecule has 2 saturated heterocycles. The van der Waals surface area contributed by atoms with Gasteiger partial charge >= 0.3 is 0 Å². The van der Waals surface area contributed by atoms with Gasteiger partial charge in [-0.25, -0.2) is 0 Å². The lowest BCUT2D eigenvalue weighted by Crippen LogP contribution is -2.46. The summed E-state index contributed by atoms with van der Waals surface area (Å²) in [6.07, 6.45) is 3.83. The number of amides is 1. The summed E-state index contributed by atoms with van der Waals surface area (Å²) in [5.41, 5.74) is 1.97. The number of nitrogens with zero attached hydrogens (tertiary/aromatic N) is 2. The van der Waals surface area contributed by atoms with E-state index in [1.165, 1.54) is 5.56 Å². The molecule has 1 amide bonds. The van der Waals surface area contributed by atoms with Crippen molar-refractivity contribution in [2.45, 2.75) is 13.1 Å². The largest absolute Gasteiger partial charge is 0.351 e. The Morgan fingerprint density at radius 2 is 1.85 bits per heavy atom. The van der Waals surface area contributed by atoms with Gasteiger partial charge in [-0.15, -0.1) is 24.8 Å². The third kappa shape index (κ3) is 4.04. The third-order valence-electron chi connectivity index (χ3n) is 5.22. The average molecular weight is 398 g/mol. The third-order valence-corrected chi connectivity index (χ3v) is 5.22. The van der Waals surface area contributed by atoms with Crippen LogP contribution in [0.2, 0.25) is 0 Å². The van der Waals surface area contributed by atoms with Gasteiger partial charge in [0.25, 0.3) is 0 Å². The van der Waals surface area contributed by atoms with Gasteiger partial charge in [0.05, 0.1) is 18.2 Å². The number of benzene rings is 1. The van der Waals surface area contributed by atoms with Gasteiger partial charge < -0.3 is 16.0 Å². The van der Waals surface area contributed by atoms with Crippen LogP contribution in [0.15, 0.2) is 42.7 Å². The maximum absolute atomic E-state index is 12.7. The van der Waals surface area contributed by atoms with E-state index >= 15 is 0 Å². The topological polar surface area (TPSA) is 71.0 Å². The molecule has 2 fully saturated rings. The van der Waals surface area contributed by atoms with Gasteiger partial charge in [-0.3, -0.25) is 9.48 Å². The molecular weight excluding hydrogens is 373 g/mol. The molecule has 3 heterocycles. The highest BCUT2D eigenvalue weighted by Gasteiger charge is 2.51. The van der Waals surface area contributed by atoms with Crippen LogP contribution in [-0.4, -0.2) is 41.9 Å². The Balaban J connectivity index is 0.00000121. The van der Waals surface area contributed by atoms with Crippen LogP contribution in [0.3, 0.4) is 0 Å². The minimum absolute atomic E-state index is 0. The molecule has 1 aromatic carbocycles. The second-order valence-electron chi connectivity index (χ2n) is 6.83. The number of hydrogen-bond acceptors (Lipinski definition) is 4. The molecule has 0 atom stereocenters. The zero-order valence-electron chi connectivity index (χ0n) is 14.5. The molecule has 0 bridgehead atoms. The summed E-state index contributed by atoms with van der Waals surface area (Å²) < 4.78 is 1.91. The maximum Gasteiger partial charge on any atom is 0.229 e. The van der Waals surface area contributed by atoms with Gasteiger partial charge in [0.1, 0.15) is 0 Å². The molecule has 0 radical (unpaired) electrons. The minimum Gasteiger partial charge on any atom is -0.351 e. The first kappa shape index (κ1) is 20.7. The lowest BCUT2D eigenvalue weighted by molar-refractivity contribution is -0.130. The van der Waals surface area contributed by atoms with Crippen molar-refractivity contribution in [3.8, 4) is 0 Å². The van der Waals surface area contributed by atoms with E-state index in [4.69, 9.17) is 0 Å². The van der Waals surface area contributed by atoms with Crippen LogP contribution in [0, 0.1) is 11.3 Å². The predicted octanol–water partition coefficient (Wildman–Crippen LogP) is 1.20. The molecule has 4 rings (SSSR count). The van der Waals surface area contributed by atoms with Gasteiger partial charge in [-0.05, 0) is 5.56 Å². The fraction of sp³-hybridized carbons (Fsp3) is 0.444. The quantitative estimate of drug-likeness (QED) is 0.708. The lowest BCUT2D eigenvalue weighted by atomic mass is 9.80. The number of nitrogens with one attached hydrogen (secondary N) is 3. The van der Waals surface area contributed by atoms with Crippen LogP contribution in [0.25, 0.3) is 0 Å². The highest BCUT2D eigenvalue weighted by molar-refractivity contribution is 5.85. The number of carbonyl (C=O) groups is 1. The molecule has 26 heavy (non-hydrogen) atoms. The van der Waals surface area contributed by atoms with E-state index in [1.807, 2.05) is 35.3 Å². The van der Waals surface area contributed by atoms with Crippen LogP contribution >= 0.6 is 24.8 Å². The molecule has 8 heteroatoms. The first-order valence-electron chi connectivity index (χ1n) is 8.51. The number of rotatable bonds is 5. The van der Waals surface area contributed by atoms with Crippen molar-refractivity contribution in [3.63, 3.8) is 0 Å². The van der Waals surface area contributed by atoms with Crippen molar-refractivity contribution in [2.75, 3.05) is 26.2 Å². The molecule has 2 aromatic rings. The molecule has 1 aromatic heterocycles. The number of halogens is 2. The minimum atomic E-state index is -0.278. The predicted molar refractivity (Wildman–Crippen MR) is 106 cm³/mol. The molecule has 0 saturated carbocycles. The Hall–Kier alpha value is -1.60. The zero-order valence-corrected chi connectivity index (χ0v) is 16.1. The van der Waals surface area contributed by atoms with Crippen molar-refractivity contribution < 1.29 is 4.79 Å². The van der Waals surface area contributed by atoms with E-state index in [2.05, 4.69) is 33.2 Å². The van der Waals surface area contributed by atoms with Crippen molar-refractivity contribution in [1.82, 2.24) is 25.7 Å². The fourth-order valence-electron chi connectivity index (χ4n) is 3.81. The van der Waals surface area contributed by atoms with Crippen LogP contribution in [-0.2, 0) is 17.9 Å². The van der Waals surface area contributed by atoms with Gasteiger partial charge in [0.2, 0.25) is 5.91 Å². The molecule has 6 nitrogen and oxygen atoms in total. The van der Waals surface area contributed by atoms with Crippen molar-refractivity contribution in [1.29, 1.82) is 0 Å². The summed E-state index contributed by atoms with van der Waals surface area (Å²) in [6.45, 7) is 4.66. The van der Waals surface area contributed by atoms with Crippen molar-refractivity contribution in [3.05, 3.63) is 53.9 Å². The van der Waals surface area contributed by atoms with Gasteiger partial charge in [0, 0.05) is 50.4 Å². The van der Waals surface area contributed by atoms with E-state index < -0.39 is 0 Å². The first-order chi connectivity index (χ1) is 11.8. The zero-order chi connectivity index (χ0) is 16.4. The van der Waals surface area contributed by atoms with Crippen molar-refractivity contribution in [2.24, 2.45) is 11.3 Å². The van der Waals surface area contributed by atoms with Crippen molar-refractivity contribution >= 4 is 30.7 Å². The van der Waals surface area contributed by atoms with Gasteiger partial charge in [-0.1, -0.05) is 30.3 Å². The Morgan fingerprint density at radius 3 is 2.54 bits per heavy atom. The molecular formula is C18H25Cl2N5O. The summed E-state index contributed by atoms with van der Waals surface area (Å²) in [5, 5.41) is 14.2. The van der Waals surface area contributed by atoms with E-state index in [0.717, 1.165) is 38.3 Å². The van der Waals surface area contributed by atoms with Crippen LogP contribution in [0.4, 0.5) is 0 Å². The fourth-order valence-corrected chi connectivity index (χ4v) is 3.81. The lowest BCUT2D eigenvalue weighted by Gasteiger charge is -2.25.